The molecule has 0 saturated heterocycles. The molecule has 0 fully saturated rings. The quantitative estimate of drug-likeness (QED) is 0.116. The largest absolute Gasteiger partial charge is 0.478 e. The van der Waals surface area contributed by atoms with Crippen molar-refractivity contribution in [3.05, 3.63) is 0 Å². The van der Waals surface area contributed by atoms with Crippen LogP contribution in [0.1, 0.15) is 0 Å². The van der Waals surface area contributed by atoms with Crippen molar-refractivity contribution in [2.24, 2.45) is 0 Å². The molecule has 0 aliphatic heterocycles. The molecule has 0 bridgehead atoms. The lowest BCUT2D eigenvalue weighted by molar-refractivity contribution is 0.224. The summed E-state index contributed by atoms with van der Waals surface area (Å²) in [6.45, 7) is 0. The molecule has 0 heterocycles. The van der Waals surface area contributed by atoms with Crippen LogP contribution in [0.3, 0.4) is 0 Å². The van der Waals surface area contributed by atoms with Crippen molar-refractivity contribution in [3.63, 3.8) is 0 Å². The lowest BCUT2D eigenvalue weighted by atomic mass is 15.7. The zero-order chi connectivity index (χ0) is 34.7. The van der Waals surface area contributed by atoms with Gasteiger partial charge in [0, 0.05) is 0 Å². The summed E-state index contributed by atoms with van der Waals surface area (Å²) >= 11 is 0. The number of rotatable bonds is 2. The van der Waals surface area contributed by atoms with E-state index >= 15 is 0 Å². The number of hydrogen-bond acceptors (Lipinski definition) is 9. The normalized spacial score (nSPS) is 12.3. The molecule has 0 amide bonds. The summed E-state index contributed by atoms with van der Waals surface area (Å²) < 4.78 is 75.5. The molecular weight excluding hydrogens is 744 g/mol. The van der Waals surface area contributed by atoms with Crippen LogP contribution < -0.4 is 0 Å². The van der Waals surface area contributed by atoms with Crippen LogP contribution in [0.5, 0.6) is 0 Å². The van der Waals surface area contributed by atoms with Gasteiger partial charge in [-0.15, -0.1) is 0 Å². The zero-order valence-electron chi connectivity index (χ0n) is 17.1. The lowest BCUT2D eigenvalue weighted by Crippen LogP contribution is -1.84. The van der Waals surface area contributed by atoms with Crippen molar-refractivity contribution < 1.29 is 148 Å². The Kier molecular flexibility index (Phi) is 32.1. The van der Waals surface area contributed by atoms with Gasteiger partial charge in [-0.1, -0.05) is 0 Å². The molecule has 22 N–H and O–H groups in total. The van der Waals surface area contributed by atoms with Crippen LogP contribution in [0.2, 0.25) is 0 Å². The third kappa shape index (κ3) is 1110. The summed E-state index contributed by atoms with van der Waals surface area (Å²) in [5.41, 5.74) is 0. The highest BCUT2D eigenvalue weighted by molar-refractivity contribution is 7.60. The maximum Gasteiger partial charge on any atom is 0.478 e. The Bertz CT molecular complexity index is 735. The Morgan fingerprint density at radius 1 is 0.231 bits per heavy atom. The predicted molar refractivity (Wildman–Crippen MR) is 111 cm³/mol. The first kappa shape index (κ1) is 55.8. The Balaban J connectivity index is -0.0000000622. The van der Waals surface area contributed by atoms with Crippen LogP contribution in [0.25, 0.3) is 0 Å². The van der Waals surface area contributed by atoms with Gasteiger partial charge in [-0.3, -0.25) is 0 Å². The number of hydrogen-bond donors (Lipinski definition) is 22. The monoisotopic (exact) mass is 766 g/mol. The Labute approximate surface area is 211 Å². The van der Waals surface area contributed by atoms with Gasteiger partial charge in [-0.05, 0) is 0 Å². The molecule has 0 rings (SSSR count). The summed E-state index contributed by atoms with van der Waals surface area (Å²) in [6, 6.07) is 0. The minimum Gasteiger partial charge on any atom is -0.303 e. The fourth-order valence-corrected chi connectivity index (χ4v) is 1.25. The average molecular weight is 766 g/mol. The van der Waals surface area contributed by atoms with Crippen LogP contribution in [0.4, 0.5) is 0 Å². The molecule has 39 heteroatoms. The second kappa shape index (κ2) is 22.5. The Morgan fingerprint density at radius 3 is 0.282 bits per heavy atom. The molecule has 31 nitrogen and oxygen atoms in total. The van der Waals surface area contributed by atoms with E-state index in [-0.39, 0.29) is 0 Å². The van der Waals surface area contributed by atoms with E-state index in [1.54, 1.807) is 0 Å². The SMILES string of the molecule is O=P(O)(O)O.O=P(O)(O)O.O=P(O)(O)O.O=P(O)(O)O.O=P(O)(O)O.O=P(O)(O)O.O=P(O)(O)OP(=O)(O)O. The van der Waals surface area contributed by atoms with Gasteiger partial charge in [-0.2, -0.15) is 4.31 Å². The maximum atomic E-state index is 9.63. The first-order valence-electron chi connectivity index (χ1n) is 6.23. The van der Waals surface area contributed by atoms with Gasteiger partial charge >= 0.3 is 62.6 Å². The van der Waals surface area contributed by atoms with Crippen molar-refractivity contribution in [2.45, 2.75) is 0 Å². The molecule has 0 unspecified atom stereocenters. The van der Waals surface area contributed by atoms with Crippen LogP contribution in [-0.2, 0) is 40.8 Å². The summed E-state index contributed by atoms with van der Waals surface area (Å²) in [6.07, 6.45) is 0. The molecular formula is H22O31P8. The molecule has 0 spiro atoms. The minimum absolute atomic E-state index is 2.96. The van der Waals surface area contributed by atoms with Crippen molar-refractivity contribution >= 4 is 62.6 Å². The summed E-state index contributed by atoms with van der Waals surface area (Å²) in [7, 11) is -37.9. The Hall–Kier alpha value is 0.920. The second-order valence-electron chi connectivity index (χ2n) is 4.14. The average Bonchev–Trinajstić information content (AvgIpc) is 2.17. The smallest absolute Gasteiger partial charge is 0.303 e. The van der Waals surface area contributed by atoms with Crippen LogP contribution in [0.15, 0.2) is 0 Å². The molecule has 248 valence electrons. The fraction of sp³-hybridized carbons (Fsp3) is 0. The van der Waals surface area contributed by atoms with E-state index in [2.05, 4.69) is 4.31 Å². The highest BCUT2D eigenvalue weighted by Crippen LogP contribution is 2.53. The van der Waals surface area contributed by atoms with E-state index in [1.165, 1.54) is 0 Å². The van der Waals surface area contributed by atoms with E-state index in [0.717, 1.165) is 0 Å². The predicted octanol–water partition coefficient (Wildman–Crippen LogP) is -6.38. The number of phosphoric acid groups is 8. The van der Waals surface area contributed by atoms with Gasteiger partial charge in [-0.25, -0.2) is 36.5 Å². The van der Waals surface area contributed by atoms with Gasteiger partial charge in [0.15, 0.2) is 0 Å². The van der Waals surface area contributed by atoms with Crippen LogP contribution in [0, 0.1) is 0 Å². The summed E-state index contributed by atoms with van der Waals surface area (Å²) in [5.74, 6) is 0. The van der Waals surface area contributed by atoms with Gasteiger partial charge in [0.25, 0.3) is 0 Å². The molecule has 39 heavy (non-hydrogen) atoms. The fourth-order valence-electron chi connectivity index (χ4n) is 0.139. The highest BCUT2D eigenvalue weighted by Gasteiger charge is 2.27. The Morgan fingerprint density at radius 2 is 0.282 bits per heavy atom. The zero-order valence-corrected chi connectivity index (χ0v) is 24.2. The van der Waals surface area contributed by atoms with Crippen LogP contribution in [-0.4, -0.2) is 108 Å². The molecule has 0 aliphatic carbocycles. The van der Waals surface area contributed by atoms with Crippen LogP contribution >= 0.6 is 62.6 Å². The third-order valence-electron chi connectivity index (χ3n) is 0.213. The highest BCUT2D eigenvalue weighted by atomic mass is 31.3. The molecule has 0 aromatic rings. The molecule has 0 saturated carbocycles. The van der Waals surface area contributed by atoms with Gasteiger partial charge in [0.05, 0.1) is 0 Å². The second-order valence-corrected chi connectivity index (χ2v) is 12.9. The van der Waals surface area contributed by atoms with E-state index in [4.69, 9.17) is 135 Å². The van der Waals surface area contributed by atoms with Crippen molar-refractivity contribution in [2.75, 3.05) is 0 Å². The first-order chi connectivity index (χ1) is 15.7. The van der Waals surface area contributed by atoms with Crippen molar-refractivity contribution in [3.8, 4) is 0 Å². The summed E-state index contributed by atoms with van der Waals surface area (Å²) in [5, 5.41) is 0. The molecule has 0 atom stereocenters. The van der Waals surface area contributed by atoms with E-state index in [1.807, 2.05) is 0 Å². The van der Waals surface area contributed by atoms with E-state index < -0.39 is 62.6 Å². The van der Waals surface area contributed by atoms with Crippen molar-refractivity contribution in [1.82, 2.24) is 0 Å². The standard InChI is InChI=1S/H4O7P2.6H3O4P/c1-8(2,3)7-9(4,5)6;6*1-5(2,3)4/h(H2,1,2,3)(H2,4,5,6);6*(H3,1,2,3,4). The molecule has 0 radical (unpaired) electrons. The molecule has 0 aromatic heterocycles. The van der Waals surface area contributed by atoms with E-state index in [0.29, 0.717) is 0 Å². The van der Waals surface area contributed by atoms with Gasteiger partial charge < -0.3 is 108 Å². The lowest BCUT2D eigenvalue weighted by Gasteiger charge is -2.03. The van der Waals surface area contributed by atoms with Gasteiger partial charge in [0.2, 0.25) is 0 Å². The molecule has 0 aromatic carbocycles. The third-order valence-corrected chi connectivity index (χ3v) is 1.91. The van der Waals surface area contributed by atoms with E-state index in [9.17, 15) is 9.13 Å². The minimum atomic E-state index is -5.05. The van der Waals surface area contributed by atoms with Gasteiger partial charge in [0.1, 0.15) is 0 Å². The topological polar surface area (TPSA) is 591 Å². The molecule has 0 aliphatic rings. The van der Waals surface area contributed by atoms with Crippen molar-refractivity contribution in [1.29, 1.82) is 0 Å². The summed E-state index contributed by atoms with van der Waals surface area (Å²) in [4.78, 5) is 160. The maximum absolute atomic E-state index is 9.63. The first-order valence-corrected chi connectivity index (χ1v) is 18.7.